The molecule has 4 rings (SSSR count). The van der Waals surface area contributed by atoms with Crippen molar-refractivity contribution in [2.45, 2.75) is 12.6 Å². The van der Waals surface area contributed by atoms with Crippen LogP contribution in [0, 0.1) is 0 Å². The summed E-state index contributed by atoms with van der Waals surface area (Å²) in [5, 5.41) is 3.49. The van der Waals surface area contributed by atoms with Gasteiger partial charge in [-0.1, -0.05) is 36.4 Å². The second-order valence-electron chi connectivity index (χ2n) is 7.51. The number of ether oxygens (including phenoxy) is 2. The molecule has 32 heavy (non-hydrogen) atoms. The Hall–Kier alpha value is -4.00. The number of hydrogen-bond donors (Lipinski definition) is 2. The van der Waals surface area contributed by atoms with Crippen molar-refractivity contribution < 1.29 is 19.1 Å². The molecule has 7 nitrogen and oxygen atoms in total. The fraction of sp³-hybridized carbons (Fsp3) is 0.200. The number of benzene rings is 3. The largest absolute Gasteiger partial charge is 0.497 e. The predicted molar refractivity (Wildman–Crippen MR) is 122 cm³/mol. The van der Waals surface area contributed by atoms with Crippen LogP contribution in [0.15, 0.2) is 72.8 Å². The number of carbonyl (C=O) groups is 2. The maximum atomic E-state index is 13.4. The normalized spacial score (nSPS) is 15.0. The zero-order valence-corrected chi connectivity index (χ0v) is 17.8. The van der Waals surface area contributed by atoms with Gasteiger partial charge in [0, 0.05) is 12.2 Å². The number of nitrogens with two attached hydrogens (primary N) is 1. The fourth-order valence-corrected chi connectivity index (χ4v) is 3.73. The smallest absolute Gasteiger partial charge is 0.257 e. The molecular weight excluding hydrogens is 406 g/mol. The Morgan fingerprint density at radius 3 is 2.38 bits per heavy atom. The first-order chi connectivity index (χ1) is 15.5. The first-order valence-corrected chi connectivity index (χ1v) is 10.4. The maximum Gasteiger partial charge on any atom is 0.257 e. The first kappa shape index (κ1) is 21.2. The summed E-state index contributed by atoms with van der Waals surface area (Å²) in [6.07, 6.45) is 0.372. The maximum absolute atomic E-state index is 13.4. The van der Waals surface area contributed by atoms with Gasteiger partial charge in [0.2, 0.25) is 0 Å². The molecule has 7 heteroatoms. The minimum Gasteiger partial charge on any atom is -0.497 e. The quantitative estimate of drug-likeness (QED) is 0.570. The van der Waals surface area contributed by atoms with E-state index in [4.69, 9.17) is 15.2 Å². The highest BCUT2D eigenvalue weighted by Gasteiger charge is 2.32. The Kier molecular flexibility index (Phi) is 6.26. The van der Waals surface area contributed by atoms with Crippen LogP contribution < -0.4 is 20.5 Å². The molecule has 0 unspecified atom stereocenters. The summed E-state index contributed by atoms with van der Waals surface area (Å²) >= 11 is 0. The lowest BCUT2D eigenvalue weighted by Gasteiger charge is -2.38. The predicted octanol–water partition coefficient (Wildman–Crippen LogP) is 3.37. The number of rotatable bonds is 8. The summed E-state index contributed by atoms with van der Waals surface area (Å²) in [7, 11) is 1.64. The summed E-state index contributed by atoms with van der Waals surface area (Å²) in [4.78, 5) is 26.1. The SMILES string of the molecule is COc1ccc(CCN2C(=O)c3ccccc3N[C@@H]2c2ccc(OCC(N)=O)cc2)cc1. The summed E-state index contributed by atoms with van der Waals surface area (Å²) in [6.45, 7) is 0.359. The lowest BCUT2D eigenvalue weighted by molar-refractivity contribution is -0.119. The van der Waals surface area contributed by atoms with Crippen LogP contribution in [0.5, 0.6) is 11.5 Å². The number of amides is 2. The molecule has 0 aliphatic carbocycles. The molecule has 2 amide bonds. The number of methoxy groups -OCH3 is 1. The van der Waals surface area contributed by atoms with E-state index in [-0.39, 0.29) is 18.7 Å². The first-order valence-electron chi connectivity index (χ1n) is 10.4. The zero-order valence-electron chi connectivity index (χ0n) is 17.8. The minimum atomic E-state index is -0.532. The molecule has 0 saturated heterocycles. The minimum absolute atomic E-state index is 0.0214. The molecule has 3 aromatic carbocycles. The average Bonchev–Trinajstić information content (AvgIpc) is 2.83. The van der Waals surface area contributed by atoms with E-state index < -0.39 is 5.91 Å². The van der Waals surface area contributed by atoms with Gasteiger partial charge in [0.25, 0.3) is 11.8 Å². The molecule has 1 aliphatic rings. The van der Waals surface area contributed by atoms with Crippen LogP contribution in [0.3, 0.4) is 0 Å². The van der Waals surface area contributed by atoms with Crippen molar-refractivity contribution in [3.63, 3.8) is 0 Å². The lowest BCUT2D eigenvalue weighted by Crippen LogP contribution is -2.43. The molecule has 0 aromatic heterocycles. The number of anilines is 1. The summed E-state index contributed by atoms with van der Waals surface area (Å²) in [5.41, 5.74) is 8.62. The highest BCUT2D eigenvalue weighted by atomic mass is 16.5. The second-order valence-corrected chi connectivity index (χ2v) is 7.51. The Morgan fingerprint density at radius 1 is 1.00 bits per heavy atom. The molecule has 1 heterocycles. The van der Waals surface area contributed by atoms with Gasteiger partial charge in [-0.3, -0.25) is 9.59 Å². The molecule has 0 spiro atoms. The van der Waals surface area contributed by atoms with Gasteiger partial charge < -0.3 is 25.4 Å². The molecule has 0 bridgehead atoms. The van der Waals surface area contributed by atoms with Crippen molar-refractivity contribution in [1.29, 1.82) is 0 Å². The third-order valence-corrected chi connectivity index (χ3v) is 5.40. The topological polar surface area (TPSA) is 93.9 Å². The van der Waals surface area contributed by atoms with Crippen LogP contribution in [-0.4, -0.2) is 37.0 Å². The standard InChI is InChI=1S/C25H25N3O4/c1-31-19-10-6-17(7-11-19)14-15-28-24(27-22-5-3-2-4-21(22)25(28)30)18-8-12-20(13-9-18)32-16-23(26)29/h2-13,24,27H,14-16H2,1H3,(H2,26,29)/t24-/m0/s1. The van der Waals surface area contributed by atoms with Gasteiger partial charge in [0.05, 0.1) is 12.7 Å². The van der Waals surface area contributed by atoms with Crippen LogP contribution in [0.1, 0.15) is 27.7 Å². The molecule has 3 aromatic rings. The average molecular weight is 431 g/mol. The summed E-state index contributed by atoms with van der Waals surface area (Å²) in [5.74, 6) is 0.789. The molecule has 1 aliphatic heterocycles. The number of fused-ring (bicyclic) bond motifs is 1. The van der Waals surface area contributed by atoms with Crippen molar-refractivity contribution >= 4 is 17.5 Å². The Labute approximate surface area is 186 Å². The molecule has 1 atom stereocenters. The van der Waals surface area contributed by atoms with Gasteiger partial charge in [-0.25, -0.2) is 0 Å². The Morgan fingerprint density at radius 2 is 1.69 bits per heavy atom. The van der Waals surface area contributed by atoms with Gasteiger partial charge in [-0.2, -0.15) is 0 Å². The van der Waals surface area contributed by atoms with E-state index in [2.05, 4.69) is 5.32 Å². The Balaban J connectivity index is 1.57. The van der Waals surface area contributed by atoms with E-state index in [1.54, 1.807) is 19.2 Å². The second kappa shape index (κ2) is 9.43. The molecular formula is C25H25N3O4. The van der Waals surface area contributed by atoms with Crippen LogP contribution in [-0.2, 0) is 11.2 Å². The van der Waals surface area contributed by atoms with Gasteiger partial charge in [0.15, 0.2) is 6.61 Å². The molecule has 0 saturated carbocycles. The molecule has 3 N–H and O–H groups in total. The number of primary amides is 1. The van der Waals surface area contributed by atoms with Crippen molar-refractivity contribution in [2.24, 2.45) is 5.73 Å². The van der Waals surface area contributed by atoms with Gasteiger partial charge in [-0.15, -0.1) is 0 Å². The van der Waals surface area contributed by atoms with Crippen molar-refractivity contribution in [3.05, 3.63) is 89.5 Å². The molecule has 164 valence electrons. The summed E-state index contributed by atoms with van der Waals surface area (Å²) < 4.78 is 10.6. The number of hydrogen-bond acceptors (Lipinski definition) is 5. The zero-order chi connectivity index (χ0) is 22.5. The molecule has 0 radical (unpaired) electrons. The van der Waals surface area contributed by atoms with E-state index in [1.807, 2.05) is 65.6 Å². The number of carbonyl (C=O) groups excluding carboxylic acids is 2. The van der Waals surface area contributed by atoms with Crippen LogP contribution in [0.4, 0.5) is 5.69 Å². The van der Waals surface area contributed by atoms with E-state index >= 15 is 0 Å². The van der Waals surface area contributed by atoms with E-state index in [0.717, 1.165) is 22.6 Å². The summed E-state index contributed by atoms with van der Waals surface area (Å²) in [6, 6.07) is 22.7. The fourth-order valence-electron chi connectivity index (χ4n) is 3.73. The van der Waals surface area contributed by atoms with E-state index in [1.165, 1.54) is 0 Å². The van der Waals surface area contributed by atoms with Crippen molar-refractivity contribution in [2.75, 3.05) is 25.6 Å². The van der Waals surface area contributed by atoms with E-state index in [9.17, 15) is 9.59 Å². The lowest BCUT2D eigenvalue weighted by atomic mass is 10.0. The highest BCUT2D eigenvalue weighted by Crippen LogP contribution is 2.33. The van der Waals surface area contributed by atoms with E-state index in [0.29, 0.717) is 24.3 Å². The van der Waals surface area contributed by atoms with Crippen molar-refractivity contribution in [1.82, 2.24) is 4.90 Å². The molecule has 0 fully saturated rings. The number of nitrogens with one attached hydrogen (secondary N) is 1. The third-order valence-electron chi connectivity index (χ3n) is 5.40. The van der Waals surface area contributed by atoms with Crippen LogP contribution >= 0.6 is 0 Å². The van der Waals surface area contributed by atoms with Crippen LogP contribution in [0.25, 0.3) is 0 Å². The van der Waals surface area contributed by atoms with Gasteiger partial charge >= 0.3 is 0 Å². The van der Waals surface area contributed by atoms with Crippen molar-refractivity contribution in [3.8, 4) is 11.5 Å². The van der Waals surface area contributed by atoms with Gasteiger partial charge in [-0.05, 0) is 53.9 Å². The van der Waals surface area contributed by atoms with Gasteiger partial charge in [0.1, 0.15) is 17.7 Å². The number of para-hydroxylation sites is 1. The third kappa shape index (κ3) is 4.67. The Bertz CT molecular complexity index is 1100. The highest BCUT2D eigenvalue weighted by molar-refractivity contribution is 6.01. The monoisotopic (exact) mass is 431 g/mol. The number of nitrogens with zero attached hydrogens (tertiary/aromatic N) is 1. The van der Waals surface area contributed by atoms with Crippen LogP contribution in [0.2, 0.25) is 0 Å².